The number of unbranched alkanes of at least 4 members (excludes halogenated alkanes) is 3. The highest BCUT2D eigenvalue weighted by molar-refractivity contribution is 4.60. The molecule has 1 atom stereocenters. The molecule has 0 aromatic carbocycles. The van der Waals surface area contributed by atoms with Crippen molar-refractivity contribution < 1.29 is 17.9 Å². The molecule has 0 heterocycles. The van der Waals surface area contributed by atoms with Gasteiger partial charge in [0.1, 0.15) is 6.61 Å². The van der Waals surface area contributed by atoms with Crippen LogP contribution < -0.4 is 5.32 Å². The third-order valence-corrected chi connectivity index (χ3v) is 2.71. The van der Waals surface area contributed by atoms with Crippen molar-refractivity contribution in [2.75, 3.05) is 19.8 Å². The molecule has 0 aromatic rings. The average molecular weight is 269 g/mol. The molecule has 0 fully saturated rings. The number of rotatable bonds is 11. The molecule has 0 aromatic heterocycles. The second kappa shape index (κ2) is 10.6. The molecule has 1 N–H and O–H groups in total. The molecule has 0 amide bonds. The van der Waals surface area contributed by atoms with Crippen molar-refractivity contribution in [2.45, 2.75) is 64.6 Å². The van der Waals surface area contributed by atoms with Crippen molar-refractivity contribution in [1.82, 2.24) is 5.32 Å². The molecule has 0 spiro atoms. The summed E-state index contributed by atoms with van der Waals surface area (Å²) in [6.45, 7) is 4.03. The van der Waals surface area contributed by atoms with Crippen LogP contribution in [-0.2, 0) is 4.74 Å². The van der Waals surface area contributed by atoms with E-state index in [1.807, 2.05) is 0 Å². The molecule has 0 aliphatic rings. The predicted octanol–water partition coefficient (Wildman–Crippen LogP) is 3.90. The number of halogens is 3. The molecule has 0 radical (unpaired) electrons. The number of hydrogen-bond donors (Lipinski definition) is 1. The summed E-state index contributed by atoms with van der Waals surface area (Å²) in [6.07, 6.45) is 2.53. The summed E-state index contributed by atoms with van der Waals surface area (Å²) in [5, 5.41) is 3.30. The normalized spacial score (nSPS) is 13.8. The molecule has 0 bridgehead atoms. The van der Waals surface area contributed by atoms with E-state index < -0.39 is 12.8 Å². The fourth-order valence-electron chi connectivity index (χ4n) is 1.69. The minimum Gasteiger partial charge on any atom is -0.372 e. The van der Waals surface area contributed by atoms with Crippen LogP contribution in [0.25, 0.3) is 0 Å². The molecule has 1 unspecified atom stereocenters. The van der Waals surface area contributed by atoms with Gasteiger partial charge in [-0.1, -0.05) is 32.6 Å². The number of ether oxygens (including phenoxy) is 1. The van der Waals surface area contributed by atoms with Crippen LogP contribution >= 0.6 is 0 Å². The topological polar surface area (TPSA) is 21.3 Å². The highest BCUT2D eigenvalue weighted by Gasteiger charge is 2.27. The zero-order chi connectivity index (χ0) is 13.9. The first-order valence-corrected chi connectivity index (χ1v) is 6.83. The number of nitrogens with one attached hydrogen (secondary N) is 1. The summed E-state index contributed by atoms with van der Waals surface area (Å²) in [4.78, 5) is 0. The zero-order valence-electron chi connectivity index (χ0n) is 11.5. The van der Waals surface area contributed by atoms with Crippen molar-refractivity contribution in [3.05, 3.63) is 0 Å². The lowest BCUT2D eigenvalue weighted by Gasteiger charge is -2.13. The predicted molar refractivity (Wildman–Crippen MR) is 67.7 cm³/mol. The molecule has 0 rings (SSSR count). The van der Waals surface area contributed by atoms with Gasteiger partial charge in [0.05, 0.1) is 0 Å². The smallest absolute Gasteiger partial charge is 0.372 e. The molecular weight excluding hydrogens is 243 g/mol. The Bertz CT molecular complexity index is 186. The van der Waals surface area contributed by atoms with Crippen LogP contribution in [0.3, 0.4) is 0 Å². The van der Waals surface area contributed by atoms with Gasteiger partial charge in [-0.05, 0) is 26.3 Å². The largest absolute Gasteiger partial charge is 0.411 e. The Hall–Kier alpha value is -0.290. The van der Waals surface area contributed by atoms with Gasteiger partial charge in [0, 0.05) is 12.6 Å². The maximum atomic E-state index is 11.8. The van der Waals surface area contributed by atoms with Crippen LogP contribution in [0.15, 0.2) is 0 Å². The van der Waals surface area contributed by atoms with Gasteiger partial charge in [-0.2, -0.15) is 13.2 Å². The van der Waals surface area contributed by atoms with Crippen molar-refractivity contribution in [2.24, 2.45) is 0 Å². The monoisotopic (exact) mass is 269 g/mol. The molecule has 18 heavy (non-hydrogen) atoms. The van der Waals surface area contributed by atoms with Crippen molar-refractivity contribution in [3.63, 3.8) is 0 Å². The standard InChI is InChI=1S/C13H26F3NO/c1-3-4-5-6-8-12(2)17-9-7-10-18-11-13(14,15)16/h12,17H,3-11H2,1-2H3. The van der Waals surface area contributed by atoms with Crippen molar-refractivity contribution in [3.8, 4) is 0 Å². The van der Waals surface area contributed by atoms with E-state index in [-0.39, 0.29) is 6.61 Å². The van der Waals surface area contributed by atoms with Crippen LogP contribution in [0.4, 0.5) is 13.2 Å². The van der Waals surface area contributed by atoms with Crippen LogP contribution in [0.2, 0.25) is 0 Å². The third kappa shape index (κ3) is 13.8. The fourth-order valence-corrected chi connectivity index (χ4v) is 1.69. The molecule has 2 nitrogen and oxygen atoms in total. The van der Waals surface area contributed by atoms with E-state index in [1.54, 1.807) is 0 Å². The quantitative estimate of drug-likeness (QED) is 0.574. The fraction of sp³-hybridized carbons (Fsp3) is 1.00. The van der Waals surface area contributed by atoms with E-state index in [2.05, 4.69) is 23.9 Å². The molecule has 0 aliphatic heterocycles. The Kier molecular flexibility index (Phi) is 10.4. The molecule has 0 aliphatic carbocycles. The second-order valence-electron chi connectivity index (χ2n) is 4.73. The van der Waals surface area contributed by atoms with Gasteiger partial charge in [0.25, 0.3) is 0 Å². The SMILES string of the molecule is CCCCCCC(C)NCCCOCC(F)(F)F. The van der Waals surface area contributed by atoms with Gasteiger partial charge in [-0.15, -0.1) is 0 Å². The molecule has 110 valence electrons. The second-order valence-corrected chi connectivity index (χ2v) is 4.73. The lowest BCUT2D eigenvalue weighted by Crippen LogP contribution is -2.28. The Morgan fingerprint density at radius 3 is 2.44 bits per heavy atom. The first-order chi connectivity index (χ1) is 8.45. The molecule has 0 saturated heterocycles. The van der Waals surface area contributed by atoms with Gasteiger partial charge in [0.15, 0.2) is 0 Å². The molecular formula is C13H26F3NO. The highest BCUT2D eigenvalue weighted by Crippen LogP contribution is 2.14. The third-order valence-electron chi connectivity index (χ3n) is 2.71. The van der Waals surface area contributed by atoms with Gasteiger partial charge in [-0.3, -0.25) is 0 Å². The first-order valence-electron chi connectivity index (χ1n) is 6.83. The van der Waals surface area contributed by atoms with E-state index in [1.165, 1.54) is 25.7 Å². The van der Waals surface area contributed by atoms with Crippen LogP contribution in [0, 0.1) is 0 Å². The lowest BCUT2D eigenvalue weighted by molar-refractivity contribution is -0.173. The van der Waals surface area contributed by atoms with Crippen molar-refractivity contribution >= 4 is 0 Å². The number of hydrogen-bond acceptors (Lipinski definition) is 2. The summed E-state index contributed by atoms with van der Waals surface area (Å²) < 4.78 is 39.8. The van der Waals surface area contributed by atoms with Crippen LogP contribution in [0.5, 0.6) is 0 Å². The Labute approximate surface area is 108 Å². The minimum absolute atomic E-state index is 0.162. The summed E-state index contributed by atoms with van der Waals surface area (Å²) in [5.41, 5.74) is 0. The Balaban J connectivity index is 3.22. The van der Waals surface area contributed by atoms with E-state index >= 15 is 0 Å². The number of alkyl halides is 3. The summed E-state index contributed by atoms with van der Waals surface area (Å²) in [5.74, 6) is 0. The maximum absolute atomic E-state index is 11.8. The van der Waals surface area contributed by atoms with Crippen molar-refractivity contribution in [1.29, 1.82) is 0 Å². The van der Waals surface area contributed by atoms with Gasteiger partial charge >= 0.3 is 6.18 Å². The molecule has 0 saturated carbocycles. The Morgan fingerprint density at radius 2 is 1.83 bits per heavy atom. The Morgan fingerprint density at radius 1 is 1.11 bits per heavy atom. The minimum atomic E-state index is -4.21. The summed E-state index contributed by atoms with van der Waals surface area (Å²) >= 11 is 0. The zero-order valence-corrected chi connectivity index (χ0v) is 11.5. The van der Waals surface area contributed by atoms with E-state index in [4.69, 9.17) is 0 Å². The van der Waals surface area contributed by atoms with Gasteiger partial charge in [0.2, 0.25) is 0 Å². The average Bonchev–Trinajstić information content (AvgIpc) is 2.28. The summed E-state index contributed by atoms with van der Waals surface area (Å²) in [6, 6.07) is 0.435. The lowest BCUT2D eigenvalue weighted by atomic mass is 10.1. The highest BCUT2D eigenvalue weighted by atomic mass is 19.4. The maximum Gasteiger partial charge on any atom is 0.411 e. The van der Waals surface area contributed by atoms with Gasteiger partial charge in [-0.25, -0.2) is 0 Å². The van der Waals surface area contributed by atoms with E-state index in [9.17, 15) is 13.2 Å². The van der Waals surface area contributed by atoms with E-state index in [0.29, 0.717) is 19.0 Å². The van der Waals surface area contributed by atoms with Crippen LogP contribution in [0.1, 0.15) is 52.4 Å². The van der Waals surface area contributed by atoms with E-state index in [0.717, 1.165) is 6.42 Å². The van der Waals surface area contributed by atoms with Gasteiger partial charge < -0.3 is 10.1 Å². The van der Waals surface area contributed by atoms with Crippen LogP contribution in [-0.4, -0.2) is 32.0 Å². The molecule has 5 heteroatoms. The summed E-state index contributed by atoms with van der Waals surface area (Å²) in [7, 11) is 0. The first kappa shape index (κ1) is 17.7.